The van der Waals surface area contributed by atoms with Crippen molar-refractivity contribution >= 4 is 21.8 Å². The second-order valence-electron chi connectivity index (χ2n) is 9.68. The molecule has 0 aromatic heterocycles. The molecule has 2 aromatic carbocycles. The van der Waals surface area contributed by atoms with E-state index in [0.29, 0.717) is 46.7 Å². The summed E-state index contributed by atoms with van der Waals surface area (Å²) >= 11 is 0. The van der Waals surface area contributed by atoms with Crippen molar-refractivity contribution in [3.8, 4) is 6.07 Å². The fourth-order valence-corrected chi connectivity index (χ4v) is 5.92. The molecule has 1 N–H and O–H groups in total. The number of rotatable bonds is 6. The van der Waals surface area contributed by atoms with Gasteiger partial charge in [-0.3, -0.25) is 9.59 Å². The lowest BCUT2D eigenvalue weighted by Gasteiger charge is -2.31. The number of nitriles is 1. The quantitative estimate of drug-likeness (QED) is 0.546. The van der Waals surface area contributed by atoms with Crippen LogP contribution < -0.4 is 4.72 Å². The van der Waals surface area contributed by atoms with Crippen LogP contribution >= 0.6 is 0 Å². The van der Waals surface area contributed by atoms with E-state index in [9.17, 15) is 36.4 Å². The summed E-state index contributed by atoms with van der Waals surface area (Å²) in [6.45, 7) is 2.22. The van der Waals surface area contributed by atoms with Crippen LogP contribution in [0.15, 0.2) is 59.0 Å². The van der Waals surface area contributed by atoms with Gasteiger partial charge in [-0.2, -0.15) is 23.2 Å². The molecule has 2 heterocycles. The maximum atomic E-state index is 13.5. The lowest BCUT2D eigenvalue weighted by Crippen LogP contribution is -2.50. The molecular weight excluding hydrogens is 533 g/mol. The summed E-state index contributed by atoms with van der Waals surface area (Å²) in [7, 11) is -4.29. The zero-order valence-electron chi connectivity index (χ0n) is 21.2. The van der Waals surface area contributed by atoms with Gasteiger partial charge in [-0.05, 0) is 67.1 Å². The van der Waals surface area contributed by atoms with Gasteiger partial charge < -0.3 is 9.80 Å². The topological polar surface area (TPSA) is 111 Å². The number of nitrogens with one attached hydrogen (secondary N) is 1. The Morgan fingerprint density at radius 3 is 2.49 bits per heavy atom. The van der Waals surface area contributed by atoms with Gasteiger partial charge in [0.05, 0.1) is 16.5 Å². The van der Waals surface area contributed by atoms with Crippen LogP contribution in [0.4, 0.5) is 13.2 Å². The van der Waals surface area contributed by atoms with Gasteiger partial charge in [0.25, 0.3) is 0 Å². The second kappa shape index (κ2) is 11.2. The number of nitrogens with zero attached hydrogens (tertiary/aromatic N) is 3. The van der Waals surface area contributed by atoms with Crippen molar-refractivity contribution in [2.45, 2.75) is 49.8 Å². The molecule has 0 saturated heterocycles. The predicted molar refractivity (Wildman–Crippen MR) is 136 cm³/mol. The second-order valence-corrected chi connectivity index (χ2v) is 11.4. The van der Waals surface area contributed by atoms with Crippen LogP contribution in [0.1, 0.15) is 35.6 Å². The molecule has 2 amide bonds. The molecule has 0 spiro atoms. The molecule has 2 aliphatic rings. The number of hydrogen-bond donors (Lipinski definition) is 1. The van der Waals surface area contributed by atoms with Gasteiger partial charge in [0, 0.05) is 26.2 Å². The maximum Gasteiger partial charge on any atom is 0.471 e. The number of carbonyl (C=O) groups excluding carboxylic acids is 2. The highest BCUT2D eigenvalue weighted by Gasteiger charge is 2.43. The molecule has 0 radical (unpaired) electrons. The Morgan fingerprint density at radius 1 is 1.08 bits per heavy atom. The summed E-state index contributed by atoms with van der Waals surface area (Å²) in [4.78, 5) is 27.2. The van der Waals surface area contributed by atoms with E-state index in [1.807, 2.05) is 19.1 Å². The van der Waals surface area contributed by atoms with Crippen molar-refractivity contribution in [1.82, 2.24) is 14.5 Å². The van der Waals surface area contributed by atoms with Gasteiger partial charge in [0.2, 0.25) is 15.9 Å². The molecule has 2 aliphatic heterocycles. The zero-order valence-corrected chi connectivity index (χ0v) is 22.0. The number of alkyl halides is 3. The van der Waals surface area contributed by atoms with Crippen molar-refractivity contribution in [2.75, 3.05) is 19.6 Å². The summed E-state index contributed by atoms with van der Waals surface area (Å²) in [5.74, 6) is -2.40. The van der Waals surface area contributed by atoms with Gasteiger partial charge in [0.15, 0.2) is 0 Å². The monoisotopic (exact) mass is 560 g/mol. The molecule has 2 aromatic rings. The minimum absolute atomic E-state index is 0.00835. The highest BCUT2D eigenvalue weighted by Crippen LogP contribution is 2.27. The minimum Gasteiger partial charge on any atom is -0.337 e. The Morgan fingerprint density at radius 2 is 1.82 bits per heavy atom. The molecule has 39 heavy (non-hydrogen) atoms. The molecule has 8 nitrogen and oxygen atoms in total. The predicted octanol–water partition coefficient (Wildman–Crippen LogP) is 3.07. The van der Waals surface area contributed by atoms with Crippen LogP contribution in [0.5, 0.6) is 0 Å². The molecule has 0 fully saturated rings. The highest BCUT2D eigenvalue weighted by atomic mass is 32.2. The van der Waals surface area contributed by atoms with E-state index in [1.54, 1.807) is 29.2 Å². The third-order valence-electron chi connectivity index (χ3n) is 6.87. The van der Waals surface area contributed by atoms with E-state index >= 15 is 0 Å². The van der Waals surface area contributed by atoms with Crippen LogP contribution in [-0.2, 0) is 39.0 Å². The lowest BCUT2D eigenvalue weighted by atomic mass is 10.00. The van der Waals surface area contributed by atoms with Crippen molar-refractivity contribution in [3.05, 3.63) is 76.4 Å². The molecular formula is C27H27F3N4O4S. The summed E-state index contributed by atoms with van der Waals surface area (Å²) < 4.78 is 68.2. The molecule has 0 bridgehead atoms. The van der Waals surface area contributed by atoms with Crippen molar-refractivity contribution in [2.24, 2.45) is 0 Å². The number of sulfonamides is 1. The molecule has 206 valence electrons. The molecule has 1 atom stereocenters. The maximum absolute atomic E-state index is 13.5. The lowest BCUT2D eigenvalue weighted by molar-refractivity contribution is -0.186. The fourth-order valence-electron chi connectivity index (χ4n) is 4.68. The number of fused-ring (bicyclic) bond motifs is 1. The number of benzene rings is 2. The average molecular weight is 561 g/mol. The fraction of sp³-hybridized carbons (Fsp3) is 0.370. The van der Waals surface area contributed by atoms with Crippen LogP contribution in [-0.4, -0.2) is 61.9 Å². The van der Waals surface area contributed by atoms with Gasteiger partial charge in [-0.25, -0.2) is 8.42 Å². The number of carbonyl (C=O) groups is 2. The summed E-state index contributed by atoms with van der Waals surface area (Å²) in [6, 6.07) is 11.5. The van der Waals surface area contributed by atoms with Gasteiger partial charge in [-0.1, -0.05) is 29.8 Å². The molecule has 0 unspecified atom stereocenters. The third kappa shape index (κ3) is 6.66. The Bertz CT molecular complexity index is 1460. The number of amides is 2. The summed E-state index contributed by atoms with van der Waals surface area (Å²) in [6.07, 6.45) is -2.32. The van der Waals surface area contributed by atoms with E-state index < -0.39 is 34.1 Å². The normalized spacial score (nSPS) is 16.6. The first-order valence-corrected chi connectivity index (χ1v) is 13.8. The minimum atomic E-state index is -5.03. The largest absolute Gasteiger partial charge is 0.471 e. The van der Waals surface area contributed by atoms with Gasteiger partial charge >= 0.3 is 12.1 Å². The van der Waals surface area contributed by atoms with Crippen molar-refractivity contribution in [1.29, 1.82) is 5.26 Å². The third-order valence-corrected chi connectivity index (χ3v) is 8.34. The first-order chi connectivity index (χ1) is 18.4. The number of hydrogen-bond acceptors (Lipinski definition) is 5. The summed E-state index contributed by atoms with van der Waals surface area (Å²) in [5, 5.41) is 9.23. The highest BCUT2D eigenvalue weighted by molar-refractivity contribution is 7.89. The van der Waals surface area contributed by atoms with Crippen LogP contribution in [0, 0.1) is 11.3 Å². The molecule has 12 heteroatoms. The van der Waals surface area contributed by atoms with Gasteiger partial charge in [-0.15, -0.1) is 0 Å². The first-order valence-electron chi connectivity index (χ1n) is 12.3. The Balaban J connectivity index is 1.61. The number of halogens is 3. The van der Waals surface area contributed by atoms with Crippen LogP contribution in [0.25, 0.3) is 0 Å². The van der Waals surface area contributed by atoms with Gasteiger partial charge in [0.1, 0.15) is 6.04 Å². The van der Waals surface area contributed by atoms with E-state index in [-0.39, 0.29) is 30.8 Å². The summed E-state index contributed by atoms with van der Waals surface area (Å²) in [5.41, 5.74) is 3.03. The molecule has 0 aliphatic carbocycles. The molecule has 0 saturated carbocycles. The Kier molecular flexibility index (Phi) is 8.13. The zero-order chi connectivity index (χ0) is 28.4. The Labute approximate surface area is 224 Å². The first kappa shape index (κ1) is 28.3. The van der Waals surface area contributed by atoms with Crippen molar-refractivity contribution < 1.29 is 31.2 Å². The van der Waals surface area contributed by atoms with E-state index in [2.05, 4.69) is 4.72 Å². The van der Waals surface area contributed by atoms with E-state index in [1.165, 1.54) is 18.2 Å². The van der Waals surface area contributed by atoms with Crippen LogP contribution in [0.3, 0.4) is 0 Å². The Hall–Kier alpha value is -3.69. The van der Waals surface area contributed by atoms with Crippen molar-refractivity contribution in [3.63, 3.8) is 0 Å². The van der Waals surface area contributed by atoms with E-state index in [0.717, 1.165) is 5.57 Å². The molecule has 4 rings (SSSR count). The average Bonchev–Trinajstić information content (AvgIpc) is 2.91. The van der Waals surface area contributed by atoms with E-state index in [4.69, 9.17) is 0 Å². The standard InChI is InChI=1S/C27H27F3N4O4S/c1-18-7-10-33(11-8-18)25(35)24(14-19-3-2-4-20(13-19)16-31)32-39(37,38)23-6-5-21-9-12-34(17-22(21)15-23)26(36)27(28,29)30/h2-7,13,15,24,32H,8-12,14,17H2,1H3/t24-/m0/s1. The van der Waals surface area contributed by atoms with Crippen LogP contribution in [0.2, 0.25) is 0 Å². The smallest absolute Gasteiger partial charge is 0.337 e. The SMILES string of the molecule is CC1=CCN(C(=O)[C@H](Cc2cccc(C#N)c2)NS(=O)(=O)c2ccc3c(c2)CN(C(=O)C(F)(F)F)CC3)CC1.